The van der Waals surface area contributed by atoms with Crippen LogP contribution in [0.15, 0.2) is 18.2 Å². The van der Waals surface area contributed by atoms with Crippen molar-refractivity contribution < 1.29 is 14.6 Å². The van der Waals surface area contributed by atoms with Crippen LogP contribution in [-0.4, -0.2) is 26.6 Å². The second-order valence-corrected chi connectivity index (χ2v) is 5.24. The van der Waals surface area contributed by atoms with Gasteiger partial charge in [-0.15, -0.1) is 5.10 Å². The Morgan fingerprint density at radius 1 is 1.44 bits per heavy atom. The maximum atomic E-state index is 11.9. The molecule has 0 aliphatic carbocycles. The van der Waals surface area contributed by atoms with Gasteiger partial charge >= 0.3 is 6.09 Å². The van der Waals surface area contributed by atoms with E-state index in [0.717, 1.165) is 4.68 Å². The van der Waals surface area contributed by atoms with Crippen molar-refractivity contribution in [1.29, 1.82) is 0 Å². The Morgan fingerprint density at radius 2 is 2.11 bits per heavy atom. The van der Waals surface area contributed by atoms with Gasteiger partial charge < -0.3 is 9.84 Å². The van der Waals surface area contributed by atoms with Gasteiger partial charge in [-0.3, -0.25) is 0 Å². The number of carbonyl (C=O) groups is 1. The molecule has 5 nitrogen and oxygen atoms in total. The Labute approximate surface area is 109 Å². The Balaban J connectivity index is 2.49. The summed E-state index contributed by atoms with van der Waals surface area (Å²) in [5, 5.41) is 13.9. The minimum atomic E-state index is -0.612. The van der Waals surface area contributed by atoms with E-state index in [-0.39, 0.29) is 10.9 Å². The summed E-state index contributed by atoms with van der Waals surface area (Å²) >= 11 is 5.91. The van der Waals surface area contributed by atoms with Gasteiger partial charge in [0.25, 0.3) is 0 Å². The number of aromatic nitrogens is 2. The van der Waals surface area contributed by atoms with Gasteiger partial charge in [-0.1, -0.05) is 11.6 Å². The van der Waals surface area contributed by atoms with E-state index in [1.54, 1.807) is 26.8 Å². The molecule has 0 amide bonds. The van der Waals surface area contributed by atoms with Crippen LogP contribution in [-0.2, 0) is 4.74 Å². The van der Waals surface area contributed by atoms with Gasteiger partial charge in [-0.2, -0.15) is 4.68 Å². The molecule has 0 spiro atoms. The fraction of sp³-hybridized carbons (Fsp3) is 0.333. The van der Waals surface area contributed by atoms with Gasteiger partial charge in [0, 0.05) is 5.39 Å². The molecule has 0 radical (unpaired) electrons. The van der Waals surface area contributed by atoms with Gasteiger partial charge in [-0.25, -0.2) is 4.79 Å². The highest BCUT2D eigenvalue weighted by atomic mass is 35.5. The number of hydrogen-bond acceptors (Lipinski definition) is 4. The van der Waals surface area contributed by atoms with Crippen molar-refractivity contribution in [3.63, 3.8) is 0 Å². The number of phenolic OH excluding ortho intramolecular Hbond substituents is 1. The van der Waals surface area contributed by atoms with E-state index in [4.69, 9.17) is 16.3 Å². The molecular formula is C12H13ClN2O3. The van der Waals surface area contributed by atoms with E-state index in [1.165, 1.54) is 12.1 Å². The smallest absolute Gasteiger partial charge is 0.435 e. The fourth-order valence-electron chi connectivity index (χ4n) is 1.51. The Bertz CT molecular complexity index is 614. The third-order valence-corrected chi connectivity index (χ3v) is 2.46. The summed E-state index contributed by atoms with van der Waals surface area (Å²) in [6.45, 7) is 5.30. The molecule has 1 aromatic carbocycles. The molecule has 6 heteroatoms. The number of rotatable bonds is 0. The molecule has 0 saturated heterocycles. The highest BCUT2D eigenvalue weighted by Gasteiger charge is 2.21. The number of phenols is 1. The van der Waals surface area contributed by atoms with Crippen molar-refractivity contribution in [2.75, 3.05) is 0 Å². The molecule has 96 valence electrons. The molecule has 0 atom stereocenters. The average molecular weight is 269 g/mol. The molecule has 0 aliphatic rings. The van der Waals surface area contributed by atoms with Crippen molar-refractivity contribution in [3.8, 4) is 5.75 Å². The van der Waals surface area contributed by atoms with Crippen LogP contribution in [0.25, 0.3) is 10.9 Å². The van der Waals surface area contributed by atoms with Crippen LogP contribution < -0.4 is 0 Å². The lowest BCUT2D eigenvalue weighted by Gasteiger charge is -2.19. The largest absolute Gasteiger partial charge is 0.508 e. The third kappa shape index (κ3) is 2.41. The zero-order valence-corrected chi connectivity index (χ0v) is 11.0. The first-order valence-electron chi connectivity index (χ1n) is 5.38. The zero-order valence-electron chi connectivity index (χ0n) is 10.3. The average Bonchev–Trinajstić information content (AvgIpc) is 2.54. The van der Waals surface area contributed by atoms with Crippen LogP contribution in [0, 0.1) is 0 Å². The number of ether oxygens (including phenoxy) is 1. The lowest BCUT2D eigenvalue weighted by Crippen LogP contribution is -2.27. The Morgan fingerprint density at radius 3 is 2.72 bits per heavy atom. The summed E-state index contributed by atoms with van der Waals surface area (Å²) < 4.78 is 6.30. The number of benzene rings is 1. The quantitative estimate of drug-likeness (QED) is 0.797. The maximum absolute atomic E-state index is 11.9. The summed E-state index contributed by atoms with van der Waals surface area (Å²) in [6.07, 6.45) is -0.606. The molecule has 0 fully saturated rings. The normalized spacial score (nSPS) is 11.8. The zero-order chi connectivity index (χ0) is 13.5. The van der Waals surface area contributed by atoms with Crippen molar-refractivity contribution in [1.82, 2.24) is 9.78 Å². The summed E-state index contributed by atoms with van der Waals surface area (Å²) in [4.78, 5) is 11.9. The van der Waals surface area contributed by atoms with Crippen molar-refractivity contribution >= 4 is 28.6 Å². The molecule has 0 saturated carbocycles. The molecule has 0 bridgehead atoms. The van der Waals surface area contributed by atoms with Crippen LogP contribution in [0.5, 0.6) is 5.75 Å². The van der Waals surface area contributed by atoms with E-state index in [0.29, 0.717) is 10.9 Å². The van der Waals surface area contributed by atoms with Crippen molar-refractivity contribution in [2.45, 2.75) is 26.4 Å². The number of aromatic hydroxyl groups is 1. The molecule has 2 rings (SSSR count). The number of fused-ring (bicyclic) bond motifs is 1. The van der Waals surface area contributed by atoms with E-state index >= 15 is 0 Å². The summed E-state index contributed by atoms with van der Waals surface area (Å²) in [5.41, 5.74) is -0.120. The lowest BCUT2D eigenvalue weighted by molar-refractivity contribution is 0.0523. The minimum absolute atomic E-state index is 0.0631. The first kappa shape index (κ1) is 12.7. The molecule has 0 unspecified atom stereocenters. The first-order chi connectivity index (χ1) is 8.28. The van der Waals surface area contributed by atoms with Crippen molar-refractivity contribution in [2.24, 2.45) is 0 Å². The summed E-state index contributed by atoms with van der Waals surface area (Å²) in [5.74, 6) is 0.0631. The summed E-state index contributed by atoms with van der Waals surface area (Å²) in [6, 6.07) is 4.47. The molecule has 1 N–H and O–H groups in total. The predicted molar refractivity (Wildman–Crippen MR) is 68.0 cm³/mol. The third-order valence-electron chi connectivity index (χ3n) is 2.18. The van der Waals surface area contributed by atoms with Crippen LogP contribution in [0.1, 0.15) is 20.8 Å². The Kier molecular flexibility index (Phi) is 2.94. The lowest BCUT2D eigenvalue weighted by atomic mass is 10.2. The SMILES string of the molecule is CC(C)(C)OC(=O)n1nc(Cl)c2cc(O)ccc21. The van der Waals surface area contributed by atoms with Gasteiger partial charge in [0.1, 0.15) is 11.4 Å². The molecule has 1 heterocycles. The van der Waals surface area contributed by atoms with E-state index in [1.807, 2.05) is 0 Å². The van der Waals surface area contributed by atoms with Crippen LogP contribution >= 0.6 is 11.6 Å². The van der Waals surface area contributed by atoms with Crippen LogP contribution in [0.4, 0.5) is 4.79 Å². The standard InChI is InChI=1S/C12H13ClN2O3/c1-12(2,3)18-11(17)15-9-5-4-7(16)6-8(9)10(13)14-15/h4-6,16H,1-3H3. The molecule has 2 aromatic rings. The predicted octanol–water partition coefficient (Wildman–Crippen LogP) is 3.18. The highest BCUT2D eigenvalue weighted by Crippen LogP contribution is 2.27. The molecule has 0 aliphatic heterocycles. The van der Waals surface area contributed by atoms with Gasteiger partial charge in [0.2, 0.25) is 0 Å². The number of carbonyl (C=O) groups excluding carboxylic acids is 1. The van der Waals surface area contributed by atoms with Gasteiger partial charge in [0.05, 0.1) is 5.52 Å². The highest BCUT2D eigenvalue weighted by molar-refractivity contribution is 6.34. The maximum Gasteiger partial charge on any atom is 0.435 e. The number of halogens is 1. The van der Waals surface area contributed by atoms with Gasteiger partial charge in [0.15, 0.2) is 5.15 Å². The van der Waals surface area contributed by atoms with Gasteiger partial charge in [-0.05, 0) is 39.0 Å². The second kappa shape index (κ2) is 4.17. The van der Waals surface area contributed by atoms with Crippen LogP contribution in [0.3, 0.4) is 0 Å². The molecular weight excluding hydrogens is 256 g/mol. The molecule has 18 heavy (non-hydrogen) atoms. The minimum Gasteiger partial charge on any atom is -0.508 e. The topological polar surface area (TPSA) is 64.4 Å². The number of hydrogen-bond donors (Lipinski definition) is 1. The van der Waals surface area contributed by atoms with E-state index in [2.05, 4.69) is 5.10 Å². The fourth-order valence-corrected chi connectivity index (χ4v) is 1.74. The summed E-state index contributed by atoms with van der Waals surface area (Å²) in [7, 11) is 0. The van der Waals surface area contributed by atoms with E-state index < -0.39 is 11.7 Å². The van der Waals surface area contributed by atoms with Crippen molar-refractivity contribution in [3.05, 3.63) is 23.4 Å². The number of nitrogens with zero attached hydrogens (tertiary/aromatic N) is 2. The second-order valence-electron chi connectivity index (χ2n) is 4.88. The first-order valence-corrected chi connectivity index (χ1v) is 5.76. The van der Waals surface area contributed by atoms with Crippen LogP contribution in [0.2, 0.25) is 5.15 Å². The monoisotopic (exact) mass is 268 g/mol. The molecule has 1 aromatic heterocycles. The Hall–Kier alpha value is -1.75. The van der Waals surface area contributed by atoms with E-state index in [9.17, 15) is 9.90 Å².